The normalized spacial score (nSPS) is 12.6. The molecular weight excluding hydrogens is 206 g/mol. The van der Waals surface area contributed by atoms with Crippen molar-refractivity contribution in [3.63, 3.8) is 0 Å². The Kier molecular flexibility index (Phi) is 2.85. The average Bonchev–Trinajstić information content (AvgIpc) is 2.76. The van der Waals surface area contributed by atoms with Gasteiger partial charge in [0, 0.05) is 24.8 Å². The maximum absolute atomic E-state index is 11.3. The fraction of sp³-hybridized carbons (Fsp3) is 0.364. The lowest BCUT2D eigenvalue weighted by Crippen LogP contribution is -2.24. The van der Waals surface area contributed by atoms with Gasteiger partial charge in [0.1, 0.15) is 5.75 Å². The molecule has 0 atom stereocenters. The molecule has 1 heterocycles. The largest absolute Gasteiger partial charge is 0.494 e. The summed E-state index contributed by atoms with van der Waals surface area (Å²) in [7, 11) is 3.19. The van der Waals surface area contributed by atoms with E-state index in [9.17, 15) is 4.79 Å². The predicted octanol–water partition coefficient (Wildman–Crippen LogP) is 1.41. The third-order valence-electron chi connectivity index (χ3n) is 2.63. The number of amides is 2. The monoisotopic (exact) mass is 221 g/mol. The van der Waals surface area contributed by atoms with E-state index in [0.717, 1.165) is 30.0 Å². The SMILES string of the molecule is CNC(=O)Nc1ccc2c(c1OC)CCN2. The first-order valence-corrected chi connectivity index (χ1v) is 5.18. The van der Waals surface area contributed by atoms with E-state index in [1.54, 1.807) is 14.2 Å². The van der Waals surface area contributed by atoms with Crippen LogP contribution in [-0.4, -0.2) is 26.7 Å². The summed E-state index contributed by atoms with van der Waals surface area (Å²) < 4.78 is 5.35. The molecule has 1 aromatic carbocycles. The number of fused-ring (bicyclic) bond motifs is 1. The van der Waals surface area contributed by atoms with Gasteiger partial charge in [0.2, 0.25) is 0 Å². The molecule has 0 saturated carbocycles. The van der Waals surface area contributed by atoms with E-state index in [0.29, 0.717) is 5.69 Å². The van der Waals surface area contributed by atoms with Gasteiger partial charge < -0.3 is 20.7 Å². The number of urea groups is 1. The van der Waals surface area contributed by atoms with E-state index in [1.807, 2.05) is 12.1 Å². The lowest BCUT2D eigenvalue weighted by Gasteiger charge is -2.13. The Morgan fingerprint density at radius 1 is 1.50 bits per heavy atom. The third-order valence-corrected chi connectivity index (χ3v) is 2.63. The molecule has 5 nitrogen and oxygen atoms in total. The van der Waals surface area contributed by atoms with Crippen LogP contribution in [0.1, 0.15) is 5.56 Å². The number of carbonyl (C=O) groups excluding carboxylic acids is 1. The van der Waals surface area contributed by atoms with Gasteiger partial charge in [-0.3, -0.25) is 0 Å². The third kappa shape index (κ3) is 1.76. The zero-order valence-corrected chi connectivity index (χ0v) is 9.39. The molecule has 1 aliphatic rings. The van der Waals surface area contributed by atoms with Gasteiger partial charge in [0.15, 0.2) is 0 Å². The number of carbonyl (C=O) groups is 1. The average molecular weight is 221 g/mol. The highest BCUT2D eigenvalue weighted by Crippen LogP contribution is 2.37. The molecule has 1 aromatic rings. The van der Waals surface area contributed by atoms with Crippen molar-refractivity contribution in [2.45, 2.75) is 6.42 Å². The Balaban J connectivity index is 2.35. The number of ether oxygens (including phenoxy) is 1. The smallest absolute Gasteiger partial charge is 0.319 e. The van der Waals surface area contributed by atoms with Gasteiger partial charge in [-0.15, -0.1) is 0 Å². The lowest BCUT2D eigenvalue weighted by atomic mass is 10.1. The van der Waals surface area contributed by atoms with Gasteiger partial charge >= 0.3 is 6.03 Å². The summed E-state index contributed by atoms with van der Waals surface area (Å²) in [5.74, 6) is 0.742. The number of methoxy groups -OCH3 is 1. The number of rotatable bonds is 2. The van der Waals surface area contributed by atoms with E-state index in [1.165, 1.54) is 0 Å². The minimum Gasteiger partial charge on any atom is -0.494 e. The molecule has 3 N–H and O–H groups in total. The first-order valence-electron chi connectivity index (χ1n) is 5.18. The lowest BCUT2D eigenvalue weighted by molar-refractivity contribution is 0.254. The fourth-order valence-electron chi connectivity index (χ4n) is 1.88. The molecular formula is C11H15N3O2. The Morgan fingerprint density at radius 3 is 3.00 bits per heavy atom. The van der Waals surface area contributed by atoms with Crippen molar-refractivity contribution in [1.82, 2.24) is 5.32 Å². The van der Waals surface area contributed by atoms with Crippen molar-refractivity contribution in [1.29, 1.82) is 0 Å². The first-order chi connectivity index (χ1) is 7.76. The van der Waals surface area contributed by atoms with E-state index in [-0.39, 0.29) is 6.03 Å². The Hall–Kier alpha value is -1.91. The van der Waals surface area contributed by atoms with Crippen molar-refractivity contribution in [3.8, 4) is 5.75 Å². The molecule has 0 fully saturated rings. The molecule has 5 heteroatoms. The van der Waals surface area contributed by atoms with Crippen molar-refractivity contribution in [2.75, 3.05) is 31.3 Å². The second kappa shape index (κ2) is 4.30. The zero-order chi connectivity index (χ0) is 11.5. The van der Waals surface area contributed by atoms with E-state index < -0.39 is 0 Å². The molecule has 0 aromatic heterocycles. The summed E-state index contributed by atoms with van der Waals surface area (Å²) in [4.78, 5) is 11.3. The van der Waals surface area contributed by atoms with Gasteiger partial charge in [-0.2, -0.15) is 0 Å². The quantitative estimate of drug-likeness (QED) is 0.707. The summed E-state index contributed by atoms with van der Waals surface area (Å²) >= 11 is 0. The minimum absolute atomic E-state index is 0.246. The number of nitrogens with one attached hydrogen (secondary N) is 3. The van der Waals surface area contributed by atoms with E-state index >= 15 is 0 Å². The molecule has 2 amide bonds. The topological polar surface area (TPSA) is 62.4 Å². The standard InChI is InChI=1S/C11H15N3O2/c1-12-11(15)14-9-4-3-8-7(5-6-13-8)10(9)16-2/h3-4,13H,5-6H2,1-2H3,(H2,12,14,15). The Bertz CT molecular complexity index is 418. The van der Waals surface area contributed by atoms with E-state index in [4.69, 9.17) is 4.74 Å². The van der Waals surface area contributed by atoms with Crippen molar-refractivity contribution in [2.24, 2.45) is 0 Å². The number of benzene rings is 1. The van der Waals surface area contributed by atoms with Gasteiger partial charge in [-0.05, 0) is 18.6 Å². The molecule has 16 heavy (non-hydrogen) atoms. The van der Waals surface area contributed by atoms with Gasteiger partial charge in [-0.1, -0.05) is 0 Å². The second-order valence-corrected chi connectivity index (χ2v) is 3.55. The molecule has 0 saturated heterocycles. The molecule has 2 rings (SSSR count). The molecule has 0 unspecified atom stereocenters. The summed E-state index contributed by atoms with van der Waals surface area (Å²) in [6.45, 7) is 0.912. The van der Waals surface area contributed by atoms with Gasteiger partial charge in [-0.25, -0.2) is 4.79 Å². The van der Waals surface area contributed by atoms with Crippen molar-refractivity contribution < 1.29 is 9.53 Å². The van der Waals surface area contributed by atoms with Crippen molar-refractivity contribution >= 4 is 17.4 Å². The summed E-state index contributed by atoms with van der Waals surface area (Å²) in [5.41, 5.74) is 2.90. The highest BCUT2D eigenvalue weighted by molar-refractivity contribution is 5.92. The highest BCUT2D eigenvalue weighted by Gasteiger charge is 2.18. The Morgan fingerprint density at radius 2 is 2.31 bits per heavy atom. The van der Waals surface area contributed by atoms with Crippen molar-refractivity contribution in [3.05, 3.63) is 17.7 Å². The van der Waals surface area contributed by atoms with Crippen LogP contribution in [-0.2, 0) is 6.42 Å². The summed E-state index contributed by atoms with van der Waals surface area (Å²) in [6, 6.07) is 3.55. The zero-order valence-electron chi connectivity index (χ0n) is 9.39. The molecule has 0 aliphatic carbocycles. The number of hydrogen-bond acceptors (Lipinski definition) is 3. The molecule has 0 radical (unpaired) electrons. The van der Waals surface area contributed by atoms with Crippen LogP contribution in [0.15, 0.2) is 12.1 Å². The minimum atomic E-state index is -0.246. The van der Waals surface area contributed by atoms with Crippen LogP contribution in [0.3, 0.4) is 0 Å². The molecule has 86 valence electrons. The fourth-order valence-corrected chi connectivity index (χ4v) is 1.88. The first kappa shape index (κ1) is 10.6. The predicted molar refractivity (Wildman–Crippen MR) is 63.3 cm³/mol. The van der Waals surface area contributed by atoms with Gasteiger partial charge in [0.25, 0.3) is 0 Å². The van der Waals surface area contributed by atoms with Crippen LogP contribution in [0, 0.1) is 0 Å². The van der Waals surface area contributed by atoms with Crippen LogP contribution in [0.2, 0.25) is 0 Å². The van der Waals surface area contributed by atoms with Crippen LogP contribution < -0.4 is 20.7 Å². The maximum atomic E-state index is 11.3. The van der Waals surface area contributed by atoms with Crippen LogP contribution >= 0.6 is 0 Å². The van der Waals surface area contributed by atoms with Crippen LogP contribution in [0.5, 0.6) is 5.75 Å². The summed E-state index contributed by atoms with van der Waals surface area (Å²) in [6.07, 6.45) is 0.918. The molecule has 0 spiro atoms. The van der Waals surface area contributed by atoms with E-state index in [2.05, 4.69) is 16.0 Å². The Labute approximate surface area is 94.2 Å². The van der Waals surface area contributed by atoms with Gasteiger partial charge in [0.05, 0.1) is 12.8 Å². The maximum Gasteiger partial charge on any atom is 0.319 e. The van der Waals surface area contributed by atoms with Crippen LogP contribution in [0.25, 0.3) is 0 Å². The number of hydrogen-bond donors (Lipinski definition) is 3. The highest BCUT2D eigenvalue weighted by atomic mass is 16.5. The molecule has 1 aliphatic heterocycles. The number of anilines is 2. The summed E-state index contributed by atoms with van der Waals surface area (Å²) in [5, 5.41) is 8.51. The second-order valence-electron chi connectivity index (χ2n) is 3.55. The molecule has 0 bridgehead atoms. The van der Waals surface area contributed by atoms with Crippen LogP contribution in [0.4, 0.5) is 16.2 Å².